The molecule has 1 aliphatic carbocycles. The summed E-state index contributed by atoms with van der Waals surface area (Å²) in [5, 5.41) is 0. The second kappa shape index (κ2) is 4.12. The molecule has 0 fully saturated rings. The molecule has 0 amide bonds. The average molecular weight is 192 g/mol. The molecule has 0 radical (unpaired) electrons. The number of rotatable bonds is 3. The Morgan fingerprint density at radius 1 is 1.29 bits per heavy atom. The Morgan fingerprint density at radius 2 is 2.14 bits per heavy atom. The smallest absolute Gasteiger partial charge is 0.129 e. The van der Waals surface area contributed by atoms with E-state index in [0.717, 1.165) is 49.7 Å². The van der Waals surface area contributed by atoms with Crippen LogP contribution in [0, 0.1) is 5.82 Å². The van der Waals surface area contributed by atoms with Crippen LogP contribution in [0.15, 0.2) is 12.1 Å². The summed E-state index contributed by atoms with van der Waals surface area (Å²) in [6.07, 6.45) is 6.27. The van der Waals surface area contributed by atoms with E-state index in [2.05, 4.69) is 13.0 Å². The van der Waals surface area contributed by atoms with Gasteiger partial charge in [-0.15, -0.1) is 0 Å². The van der Waals surface area contributed by atoms with Gasteiger partial charge >= 0.3 is 0 Å². The van der Waals surface area contributed by atoms with Crippen LogP contribution < -0.4 is 0 Å². The summed E-state index contributed by atoms with van der Waals surface area (Å²) >= 11 is 0. The van der Waals surface area contributed by atoms with E-state index in [1.54, 1.807) is 0 Å². The molecule has 0 atom stereocenters. The first-order chi connectivity index (χ1) is 6.83. The van der Waals surface area contributed by atoms with Crippen LogP contribution in [0.5, 0.6) is 0 Å². The molecule has 14 heavy (non-hydrogen) atoms. The number of aryl methyl sites for hydroxylation is 2. The third-order valence-corrected chi connectivity index (χ3v) is 3.09. The maximum absolute atomic E-state index is 13.9. The second-order valence-electron chi connectivity index (χ2n) is 4.13. The van der Waals surface area contributed by atoms with Gasteiger partial charge in [-0.3, -0.25) is 0 Å². The Balaban J connectivity index is 2.26. The number of fused-ring (bicyclic) bond motifs is 1. The highest BCUT2D eigenvalue weighted by Crippen LogP contribution is 2.27. The fourth-order valence-corrected chi connectivity index (χ4v) is 2.23. The Bertz CT molecular complexity index is 328. The predicted octanol–water partition coefficient (Wildman–Crippen LogP) is 3.66. The largest absolute Gasteiger partial charge is 0.206 e. The number of hydrogen-bond donors (Lipinski definition) is 0. The zero-order valence-corrected chi connectivity index (χ0v) is 8.78. The molecule has 2 rings (SSSR count). The summed E-state index contributed by atoms with van der Waals surface area (Å²) in [4.78, 5) is 0. The molecule has 76 valence electrons. The van der Waals surface area contributed by atoms with Gasteiger partial charge in [0.1, 0.15) is 5.82 Å². The minimum Gasteiger partial charge on any atom is -0.206 e. The standard InChI is InChI=1S/C13H17F/c1-2-3-5-11-9-8-10-6-4-7-12(10)13(11)14/h8-9H,2-7H2,1H3. The van der Waals surface area contributed by atoms with Gasteiger partial charge in [-0.1, -0.05) is 25.5 Å². The summed E-state index contributed by atoms with van der Waals surface area (Å²) in [6, 6.07) is 4.10. The maximum Gasteiger partial charge on any atom is 0.129 e. The second-order valence-corrected chi connectivity index (χ2v) is 4.13. The molecular formula is C13H17F. The molecule has 0 spiro atoms. The van der Waals surface area contributed by atoms with Crippen LogP contribution in [0.1, 0.15) is 42.9 Å². The van der Waals surface area contributed by atoms with Crippen molar-refractivity contribution in [1.82, 2.24) is 0 Å². The van der Waals surface area contributed by atoms with Crippen molar-refractivity contribution in [2.75, 3.05) is 0 Å². The predicted molar refractivity (Wildman–Crippen MR) is 57.0 cm³/mol. The number of unbranched alkanes of at least 4 members (excludes halogenated alkanes) is 1. The Morgan fingerprint density at radius 3 is 2.93 bits per heavy atom. The topological polar surface area (TPSA) is 0 Å². The lowest BCUT2D eigenvalue weighted by Crippen LogP contribution is -1.96. The van der Waals surface area contributed by atoms with Crippen molar-refractivity contribution in [3.63, 3.8) is 0 Å². The minimum atomic E-state index is 0.0912. The van der Waals surface area contributed by atoms with E-state index >= 15 is 0 Å². The van der Waals surface area contributed by atoms with Crippen molar-refractivity contribution >= 4 is 0 Å². The normalized spacial score (nSPS) is 14.4. The van der Waals surface area contributed by atoms with Crippen molar-refractivity contribution in [3.05, 3.63) is 34.6 Å². The molecule has 0 nitrogen and oxygen atoms in total. The molecule has 1 aromatic rings. The Hall–Kier alpha value is -0.850. The van der Waals surface area contributed by atoms with E-state index in [9.17, 15) is 4.39 Å². The van der Waals surface area contributed by atoms with Crippen molar-refractivity contribution in [1.29, 1.82) is 0 Å². The first-order valence-corrected chi connectivity index (χ1v) is 5.62. The highest BCUT2D eigenvalue weighted by Gasteiger charge is 2.17. The first-order valence-electron chi connectivity index (χ1n) is 5.62. The zero-order chi connectivity index (χ0) is 9.97. The van der Waals surface area contributed by atoms with Crippen LogP contribution in [0.3, 0.4) is 0 Å². The number of halogens is 1. The minimum absolute atomic E-state index is 0.0912. The van der Waals surface area contributed by atoms with Gasteiger partial charge in [0.15, 0.2) is 0 Å². The molecule has 0 bridgehead atoms. The van der Waals surface area contributed by atoms with E-state index in [4.69, 9.17) is 0 Å². The molecular weight excluding hydrogens is 175 g/mol. The zero-order valence-electron chi connectivity index (χ0n) is 8.78. The van der Waals surface area contributed by atoms with E-state index in [-0.39, 0.29) is 5.82 Å². The first kappa shape index (κ1) is 9.70. The van der Waals surface area contributed by atoms with Crippen LogP contribution in [0.25, 0.3) is 0 Å². The third-order valence-electron chi connectivity index (χ3n) is 3.09. The third kappa shape index (κ3) is 1.68. The van der Waals surface area contributed by atoms with E-state index < -0.39 is 0 Å². The molecule has 1 aliphatic rings. The van der Waals surface area contributed by atoms with Gasteiger partial charge in [0, 0.05) is 0 Å². The molecule has 0 heterocycles. The van der Waals surface area contributed by atoms with Crippen molar-refractivity contribution in [2.45, 2.75) is 45.4 Å². The molecule has 0 N–H and O–H groups in total. The van der Waals surface area contributed by atoms with Gasteiger partial charge in [-0.05, 0) is 48.8 Å². The van der Waals surface area contributed by atoms with Gasteiger partial charge in [0.25, 0.3) is 0 Å². The highest BCUT2D eigenvalue weighted by molar-refractivity contribution is 5.37. The lowest BCUT2D eigenvalue weighted by atomic mass is 10.0. The fraction of sp³-hybridized carbons (Fsp3) is 0.538. The van der Waals surface area contributed by atoms with E-state index in [0.29, 0.717) is 0 Å². The van der Waals surface area contributed by atoms with Gasteiger partial charge < -0.3 is 0 Å². The maximum atomic E-state index is 13.9. The van der Waals surface area contributed by atoms with Crippen molar-refractivity contribution in [3.8, 4) is 0 Å². The van der Waals surface area contributed by atoms with E-state index in [1.807, 2.05) is 6.07 Å². The molecule has 0 aliphatic heterocycles. The quantitative estimate of drug-likeness (QED) is 0.685. The fourth-order valence-electron chi connectivity index (χ4n) is 2.23. The Labute approximate surface area is 85.1 Å². The van der Waals surface area contributed by atoms with Gasteiger partial charge in [-0.25, -0.2) is 4.39 Å². The van der Waals surface area contributed by atoms with Crippen LogP contribution in [-0.2, 0) is 19.3 Å². The average Bonchev–Trinajstić information content (AvgIpc) is 2.66. The van der Waals surface area contributed by atoms with Gasteiger partial charge in [0.05, 0.1) is 0 Å². The van der Waals surface area contributed by atoms with Gasteiger partial charge in [0.2, 0.25) is 0 Å². The monoisotopic (exact) mass is 192 g/mol. The Kier molecular flexibility index (Phi) is 2.85. The summed E-state index contributed by atoms with van der Waals surface area (Å²) < 4.78 is 13.9. The lowest BCUT2D eigenvalue weighted by molar-refractivity contribution is 0.589. The number of benzene rings is 1. The highest BCUT2D eigenvalue weighted by atomic mass is 19.1. The van der Waals surface area contributed by atoms with Crippen molar-refractivity contribution in [2.24, 2.45) is 0 Å². The molecule has 0 unspecified atom stereocenters. The van der Waals surface area contributed by atoms with Crippen LogP contribution in [-0.4, -0.2) is 0 Å². The molecule has 0 aromatic heterocycles. The molecule has 1 heteroatoms. The van der Waals surface area contributed by atoms with Crippen molar-refractivity contribution < 1.29 is 4.39 Å². The molecule has 0 saturated carbocycles. The summed E-state index contributed by atoms with van der Waals surface area (Å²) in [6.45, 7) is 2.14. The molecule has 1 aromatic carbocycles. The summed E-state index contributed by atoms with van der Waals surface area (Å²) in [5.74, 6) is 0.0912. The van der Waals surface area contributed by atoms with Crippen LogP contribution in [0.4, 0.5) is 4.39 Å². The van der Waals surface area contributed by atoms with Crippen LogP contribution in [0.2, 0.25) is 0 Å². The lowest BCUT2D eigenvalue weighted by Gasteiger charge is -2.07. The number of hydrogen-bond acceptors (Lipinski definition) is 0. The SMILES string of the molecule is CCCCc1ccc2c(c1F)CCC2. The molecule has 0 saturated heterocycles. The van der Waals surface area contributed by atoms with E-state index in [1.165, 1.54) is 5.56 Å². The van der Waals surface area contributed by atoms with Gasteiger partial charge in [-0.2, -0.15) is 0 Å². The van der Waals surface area contributed by atoms with Crippen LogP contribution >= 0.6 is 0 Å². The summed E-state index contributed by atoms with van der Waals surface area (Å²) in [7, 11) is 0. The summed E-state index contributed by atoms with van der Waals surface area (Å²) in [5.41, 5.74) is 3.16.